The van der Waals surface area contributed by atoms with Crippen LogP contribution in [0.5, 0.6) is 0 Å². The number of nitrogens with zero attached hydrogens (tertiary/aromatic N) is 2. The van der Waals surface area contributed by atoms with Gasteiger partial charge in [0, 0.05) is 43.0 Å². The molecule has 0 radical (unpaired) electrons. The van der Waals surface area contributed by atoms with Crippen molar-refractivity contribution in [2.45, 2.75) is 65.8 Å². The number of hydrogen-bond donors (Lipinski definition) is 1. The van der Waals surface area contributed by atoms with Crippen molar-refractivity contribution in [3.63, 3.8) is 0 Å². The Morgan fingerprint density at radius 1 is 1.10 bits per heavy atom. The molecule has 0 unspecified atom stereocenters. The van der Waals surface area contributed by atoms with Crippen LogP contribution in [0.4, 0.5) is 0 Å². The predicted octanol–water partition coefficient (Wildman–Crippen LogP) is 4.23. The summed E-state index contributed by atoms with van der Waals surface area (Å²) in [6.45, 7) is 8.67. The number of carbonyl (C=O) groups excluding carboxylic acids is 2. The average molecular weight is 396 g/mol. The fourth-order valence-electron chi connectivity index (χ4n) is 4.40. The number of amides is 2. The molecular weight excluding hydrogens is 362 g/mol. The maximum atomic E-state index is 12.4. The lowest BCUT2D eigenvalue weighted by Gasteiger charge is -2.18. The van der Waals surface area contributed by atoms with Crippen LogP contribution in [0.2, 0.25) is 0 Å². The number of primary amides is 1. The van der Waals surface area contributed by atoms with E-state index in [1.807, 2.05) is 11.8 Å². The minimum atomic E-state index is -0.371. The van der Waals surface area contributed by atoms with Crippen LogP contribution < -0.4 is 5.73 Å². The van der Waals surface area contributed by atoms with Crippen molar-refractivity contribution in [2.24, 2.45) is 5.73 Å². The third-order valence-corrected chi connectivity index (χ3v) is 5.97. The maximum absolute atomic E-state index is 12.4. The van der Waals surface area contributed by atoms with Crippen LogP contribution in [-0.4, -0.2) is 34.4 Å². The van der Waals surface area contributed by atoms with Crippen LogP contribution >= 0.6 is 0 Å². The van der Waals surface area contributed by atoms with Crippen molar-refractivity contribution in [3.8, 4) is 11.1 Å². The highest BCUT2D eigenvalue weighted by molar-refractivity contribution is 6.02. The molecule has 29 heavy (non-hydrogen) atoms. The van der Waals surface area contributed by atoms with Crippen LogP contribution in [0, 0.1) is 13.8 Å². The van der Waals surface area contributed by atoms with Crippen LogP contribution in [-0.2, 0) is 17.8 Å². The van der Waals surface area contributed by atoms with E-state index in [-0.39, 0.29) is 11.8 Å². The van der Waals surface area contributed by atoms with Gasteiger partial charge in [0.1, 0.15) is 0 Å². The molecule has 156 valence electrons. The summed E-state index contributed by atoms with van der Waals surface area (Å²) in [7, 11) is 0. The number of benzene rings is 1. The summed E-state index contributed by atoms with van der Waals surface area (Å²) < 4.78 is 2.27. The Bertz CT molecular complexity index is 881. The van der Waals surface area contributed by atoms with Gasteiger partial charge >= 0.3 is 0 Å². The Morgan fingerprint density at radius 2 is 1.83 bits per heavy atom. The van der Waals surface area contributed by atoms with Crippen LogP contribution in [0.25, 0.3) is 11.1 Å². The maximum Gasteiger partial charge on any atom is 0.251 e. The van der Waals surface area contributed by atoms with Gasteiger partial charge in [0.2, 0.25) is 5.91 Å². The highest BCUT2D eigenvalue weighted by Crippen LogP contribution is 2.34. The predicted molar refractivity (Wildman–Crippen MR) is 117 cm³/mol. The molecule has 2 N–H and O–H groups in total. The van der Waals surface area contributed by atoms with Gasteiger partial charge in [-0.15, -0.1) is 0 Å². The first kappa shape index (κ1) is 21.2. The number of hydrogen-bond acceptors (Lipinski definition) is 2. The molecule has 0 spiro atoms. The summed E-state index contributed by atoms with van der Waals surface area (Å²) in [5.41, 5.74) is 11.8. The van der Waals surface area contributed by atoms with E-state index in [9.17, 15) is 9.59 Å². The SMILES string of the molecule is CCCCc1c(-c2ccc(C)cc2)c(C(N)=O)c(C)n1CCCN1CCCC1=O. The van der Waals surface area contributed by atoms with Gasteiger partial charge in [0.15, 0.2) is 0 Å². The molecular formula is C24H33N3O2. The molecule has 1 saturated heterocycles. The number of likely N-dealkylation sites (tertiary alicyclic amines) is 1. The first-order chi connectivity index (χ1) is 13.9. The van der Waals surface area contributed by atoms with Gasteiger partial charge < -0.3 is 15.2 Å². The van der Waals surface area contributed by atoms with E-state index in [0.29, 0.717) is 12.0 Å². The van der Waals surface area contributed by atoms with Gasteiger partial charge in [-0.1, -0.05) is 43.2 Å². The molecule has 2 aromatic rings. The number of rotatable bonds is 9. The Kier molecular flexibility index (Phi) is 6.78. The van der Waals surface area contributed by atoms with Gasteiger partial charge in [0.25, 0.3) is 5.91 Å². The molecule has 2 heterocycles. The van der Waals surface area contributed by atoms with E-state index in [2.05, 4.69) is 42.7 Å². The average Bonchev–Trinajstić information content (AvgIpc) is 3.22. The first-order valence-corrected chi connectivity index (χ1v) is 10.8. The molecule has 1 aliphatic heterocycles. The van der Waals surface area contributed by atoms with Crippen molar-refractivity contribution < 1.29 is 9.59 Å². The molecule has 0 atom stereocenters. The smallest absolute Gasteiger partial charge is 0.251 e. The van der Waals surface area contributed by atoms with Gasteiger partial charge in [-0.05, 0) is 45.1 Å². The summed E-state index contributed by atoms with van der Waals surface area (Å²) in [6.07, 6.45) is 5.58. The second-order valence-electron chi connectivity index (χ2n) is 8.11. The number of carbonyl (C=O) groups is 2. The minimum absolute atomic E-state index is 0.263. The largest absolute Gasteiger partial charge is 0.366 e. The normalized spacial score (nSPS) is 14.0. The molecule has 1 fully saturated rings. The number of aromatic nitrogens is 1. The highest BCUT2D eigenvalue weighted by Gasteiger charge is 2.25. The Balaban J connectivity index is 1.97. The molecule has 5 heteroatoms. The van der Waals surface area contributed by atoms with Gasteiger partial charge in [-0.25, -0.2) is 0 Å². The third-order valence-electron chi connectivity index (χ3n) is 5.97. The number of unbranched alkanes of at least 4 members (excludes halogenated alkanes) is 1. The standard InChI is InChI=1S/C24H33N3O2/c1-4-5-8-20-23(19-12-10-17(2)11-13-19)22(24(25)29)18(3)27(20)16-7-15-26-14-6-9-21(26)28/h10-13H,4-9,14-16H2,1-3H3,(H2,25,29). The van der Waals surface area contributed by atoms with E-state index in [1.54, 1.807) is 0 Å². The number of aryl methyl sites for hydroxylation is 1. The van der Waals surface area contributed by atoms with Gasteiger partial charge in [0.05, 0.1) is 5.56 Å². The molecule has 1 aliphatic rings. The van der Waals surface area contributed by atoms with E-state index >= 15 is 0 Å². The second kappa shape index (κ2) is 9.29. The molecule has 0 bridgehead atoms. The summed E-state index contributed by atoms with van der Waals surface area (Å²) in [6, 6.07) is 8.32. The Hall–Kier alpha value is -2.56. The zero-order valence-electron chi connectivity index (χ0n) is 18.0. The van der Waals surface area contributed by atoms with Crippen molar-refractivity contribution in [3.05, 3.63) is 46.8 Å². The van der Waals surface area contributed by atoms with Crippen LogP contribution in [0.1, 0.15) is 66.3 Å². The van der Waals surface area contributed by atoms with Gasteiger partial charge in [-0.3, -0.25) is 9.59 Å². The van der Waals surface area contributed by atoms with E-state index < -0.39 is 0 Å². The highest BCUT2D eigenvalue weighted by atomic mass is 16.2. The van der Waals surface area contributed by atoms with E-state index in [0.717, 1.165) is 68.6 Å². The minimum Gasteiger partial charge on any atom is -0.366 e. The molecule has 0 saturated carbocycles. The van der Waals surface area contributed by atoms with E-state index in [1.165, 1.54) is 11.3 Å². The molecule has 3 rings (SSSR count). The summed E-state index contributed by atoms with van der Waals surface area (Å²) in [4.78, 5) is 26.3. The molecule has 0 aliphatic carbocycles. The quantitative estimate of drug-likeness (QED) is 0.690. The third kappa shape index (κ3) is 4.55. The fraction of sp³-hybridized carbons (Fsp3) is 0.500. The lowest BCUT2D eigenvalue weighted by atomic mass is 9.97. The van der Waals surface area contributed by atoms with Crippen molar-refractivity contribution in [2.75, 3.05) is 13.1 Å². The fourth-order valence-corrected chi connectivity index (χ4v) is 4.40. The van der Waals surface area contributed by atoms with Crippen LogP contribution in [0.3, 0.4) is 0 Å². The summed E-state index contributed by atoms with van der Waals surface area (Å²) >= 11 is 0. The molecule has 5 nitrogen and oxygen atoms in total. The lowest BCUT2D eigenvalue weighted by Crippen LogP contribution is -2.26. The Morgan fingerprint density at radius 3 is 2.41 bits per heavy atom. The lowest BCUT2D eigenvalue weighted by molar-refractivity contribution is -0.127. The van der Waals surface area contributed by atoms with Crippen LogP contribution in [0.15, 0.2) is 24.3 Å². The second-order valence-corrected chi connectivity index (χ2v) is 8.11. The summed E-state index contributed by atoms with van der Waals surface area (Å²) in [5, 5.41) is 0. The molecule has 2 amide bonds. The summed E-state index contributed by atoms with van der Waals surface area (Å²) in [5.74, 6) is -0.108. The number of nitrogens with two attached hydrogens (primary N) is 1. The molecule has 1 aromatic carbocycles. The van der Waals surface area contributed by atoms with Crippen molar-refractivity contribution in [1.29, 1.82) is 0 Å². The van der Waals surface area contributed by atoms with Gasteiger partial charge in [-0.2, -0.15) is 0 Å². The van der Waals surface area contributed by atoms with E-state index in [4.69, 9.17) is 5.73 Å². The topological polar surface area (TPSA) is 68.3 Å². The zero-order valence-corrected chi connectivity index (χ0v) is 18.0. The molecule has 1 aromatic heterocycles. The van der Waals surface area contributed by atoms with Crippen molar-refractivity contribution in [1.82, 2.24) is 9.47 Å². The first-order valence-electron chi connectivity index (χ1n) is 10.8. The Labute approximate surface area is 173 Å². The monoisotopic (exact) mass is 395 g/mol. The van der Waals surface area contributed by atoms with Crippen molar-refractivity contribution >= 4 is 11.8 Å². The zero-order chi connectivity index (χ0) is 21.0.